The second kappa shape index (κ2) is 7.55. The first-order chi connectivity index (χ1) is 11.7. The average molecular weight is 347 g/mol. The van der Waals surface area contributed by atoms with Crippen molar-refractivity contribution in [2.45, 2.75) is 12.0 Å². The van der Waals surface area contributed by atoms with Crippen molar-refractivity contribution >= 4 is 23.3 Å². The Bertz CT molecular complexity index is 688. The lowest BCUT2D eigenvalue weighted by atomic mass is 9.94. The highest BCUT2D eigenvalue weighted by molar-refractivity contribution is 6.30. The van der Waals surface area contributed by atoms with Gasteiger partial charge in [0.05, 0.1) is 26.4 Å². The van der Waals surface area contributed by atoms with E-state index in [1.165, 1.54) is 0 Å². The molecule has 2 aromatic carbocycles. The second-order valence-corrected chi connectivity index (χ2v) is 6.07. The average Bonchev–Trinajstić information content (AvgIpc) is 3.05. The van der Waals surface area contributed by atoms with E-state index in [9.17, 15) is 4.79 Å². The predicted octanol–water partition coefficient (Wildman–Crippen LogP) is 3.65. The third-order valence-corrected chi connectivity index (χ3v) is 4.30. The molecule has 24 heavy (non-hydrogen) atoms. The van der Waals surface area contributed by atoms with Crippen molar-refractivity contribution in [3.05, 3.63) is 59.1 Å². The molecular formula is C18H19ClN2O3. The zero-order valence-electron chi connectivity index (χ0n) is 13.3. The van der Waals surface area contributed by atoms with Crippen LogP contribution in [0.25, 0.3) is 0 Å². The van der Waals surface area contributed by atoms with E-state index in [1.54, 1.807) is 31.4 Å². The number of ether oxygens (including phenoxy) is 2. The number of benzene rings is 2. The van der Waals surface area contributed by atoms with Gasteiger partial charge in [-0.25, -0.2) is 4.79 Å². The molecule has 0 radical (unpaired) electrons. The molecule has 0 aromatic heterocycles. The van der Waals surface area contributed by atoms with Crippen LogP contribution in [0.15, 0.2) is 48.5 Å². The summed E-state index contributed by atoms with van der Waals surface area (Å²) < 4.78 is 10.7. The molecule has 0 saturated carbocycles. The number of amides is 2. The number of carbonyl (C=O) groups excluding carboxylic acids is 1. The monoisotopic (exact) mass is 346 g/mol. The highest BCUT2D eigenvalue weighted by Gasteiger charge is 2.30. The summed E-state index contributed by atoms with van der Waals surface area (Å²) in [6.07, 6.45) is 0. The van der Waals surface area contributed by atoms with Crippen LogP contribution in [0.2, 0.25) is 5.02 Å². The van der Waals surface area contributed by atoms with Crippen LogP contribution < -0.4 is 15.4 Å². The molecule has 0 bridgehead atoms. The Kier molecular flexibility index (Phi) is 5.23. The number of halogens is 1. The van der Waals surface area contributed by atoms with Crippen molar-refractivity contribution in [3.8, 4) is 5.75 Å². The number of methoxy groups -OCH3 is 1. The van der Waals surface area contributed by atoms with E-state index in [-0.39, 0.29) is 18.0 Å². The van der Waals surface area contributed by atoms with E-state index in [4.69, 9.17) is 21.1 Å². The minimum atomic E-state index is -0.258. The molecule has 5 nitrogen and oxygen atoms in total. The first-order valence-corrected chi connectivity index (χ1v) is 8.08. The molecule has 3 rings (SSSR count). The van der Waals surface area contributed by atoms with Gasteiger partial charge < -0.3 is 20.1 Å². The number of anilines is 1. The second-order valence-electron chi connectivity index (χ2n) is 5.63. The summed E-state index contributed by atoms with van der Waals surface area (Å²) in [6.45, 7) is 1.07. The molecule has 1 aliphatic rings. The number of carbonyl (C=O) groups is 1. The molecular weight excluding hydrogens is 328 g/mol. The van der Waals surface area contributed by atoms with Gasteiger partial charge in [-0.3, -0.25) is 0 Å². The van der Waals surface area contributed by atoms with Crippen LogP contribution in [-0.2, 0) is 4.74 Å². The summed E-state index contributed by atoms with van der Waals surface area (Å²) in [5, 5.41) is 6.41. The largest absolute Gasteiger partial charge is 0.497 e. The lowest BCUT2D eigenvalue weighted by Gasteiger charge is -2.20. The van der Waals surface area contributed by atoms with Crippen molar-refractivity contribution in [3.63, 3.8) is 0 Å². The fourth-order valence-electron chi connectivity index (χ4n) is 2.74. The molecule has 1 saturated heterocycles. The van der Waals surface area contributed by atoms with Crippen LogP contribution >= 0.6 is 11.6 Å². The topological polar surface area (TPSA) is 59.6 Å². The van der Waals surface area contributed by atoms with Gasteiger partial charge in [-0.05, 0) is 42.0 Å². The number of rotatable bonds is 4. The number of hydrogen-bond donors (Lipinski definition) is 2. The lowest BCUT2D eigenvalue weighted by Crippen LogP contribution is -2.41. The SMILES string of the molecule is COc1ccc([C@@H]2COC[C@H]2NC(=O)Nc2ccc(Cl)cc2)cc1. The summed E-state index contributed by atoms with van der Waals surface area (Å²) in [7, 11) is 1.64. The fraction of sp³-hybridized carbons (Fsp3) is 0.278. The molecule has 1 heterocycles. The van der Waals surface area contributed by atoms with Gasteiger partial charge in [0.15, 0.2) is 0 Å². The third-order valence-electron chi connectivity index (χ3n) is 4.04. The molecule has 2 amide bonds. The van der Waals surface area contributed by atoms with Crippen LogP contribution in [0.5, 0.6) is 5.75 Å². The summed E-state index contributed by atoms with van der Waals surface area (Å²) in [4.78, 5) is 12.2. The Morgan fingerprint density at radius 1 is 1.12 bits per heavy atom. The molecule has 2 atom stereocenters. The smallest absolute Gasteiger partial charge is 0.319 e. The van der Waals surface area contributed by atoms with Gasteiger partial charge in [0.25, 0.3) is 0 Å². The Balaban J connectivity index is 1.62. The van der Waals surface area contributed by atoms with Crippen LogP contribution in [0, 0.1) is 0 Å². The Labute approximate surface area is 145 Å². The minimum Gasteiger partial charge on any atom is -0.497 e. The fourth-order valence-corrected chi connectivity index (χ4v) is 2.87. The van der Waals surface area contributed by atoms with Crippen molar-refractivity contribution in [1.82, 2.24) is 5.32 Å². The Morgan fingerprint density at radius 3 is 2.50 bits per heavy atom. The summed E-state index contributed by atoms with van der Waals surface area (Å²) in [6, 6.07) is 14.5. The molecule has 1 fully saturated rings. The molecule has 0 unspecified atom stereocenters. The van der Waals surface area contributed by atoms with E-state index >= 15 is 0 Å². The van der Waals surface area contributed by atoms with Crippen molar-refractivity contribution in [2.24, 2.45) is 0 Å². The summed E-state index contributed by atoms with van der Waals surface area (Å²) >= 11 is 5.84. The molecule has 6 heteroatoms. The highest BCUT2D eigenvalue weighted by atomic mass is 35.5. The van der Waals surface area contributed by atoms with E-state index in [2.05, 4.69) is 10.6 Å². The van der Waals surface area contributed by atoms with E-state index in [1.807, 2.05) is 24.3 Å². The normalized spacial score (nSPS) is 19.8. The van der Waals surface area contributed by atoms with Gasteiger partial charge in [-0.1, -0.05) is 23.7 Å². The van der Waals surface area contributed by atoms with Gasteiger partial charge >= 0.3 is 6.03 Å². The van der Waals surface area contributed by atoms with Gasteiger partial charge in [0.1, 0.15) is 5.75 Å². The zero-order chi connectivity index (χ0) is 16.9. The maximum atomic E-state index is 12.2. The van der Waals surface area contributed by atoms with Crippen LogP contribution in [0.1, 0.15) is 11.5 Å². The van der Waals surface area contributed by atoms with Gasteiger partial charge in [0.2, 0.25) is 0 Å². The Hall–Kier alpha value is -2.24. The highest BCUT2D eigenvalue weighted by Crippen LogP contribution is 2.27. The lowest BCUT2D eigenvalue weighted by molar-refractivity contribution is 0.187. The predicted molar refractivity (Wildman–Crippen MR) is 93.9 cm³/mol. The van der Waals surface area contributed by atoms with Gasteiger partial charge in [0, 0.05) is 16.6 Å². The summed E-state index contributed by atoms with van der Waals surface area (Å²) in [5.41, 5.74) is 1.81. The van der Waals surface area contributed by atoms with Crippen molar-refractivity contribution in [2.75, 3.05) is 25.6 Å². The molecule has 0 spiro atoms. The summed E-state index contributed by atoms with van der Waals surface area (Å²) in [5.74, 6) is 0.925. The van der Waals surface area contributed by atoms with Gasteiger partial charge in [-0.2, -0.15) is 0 Å². The van der Waals surface area contributed by atoms with E-state index < -0.39 is 0 Å². The Morgan fingerprint density at radius 2 is 1.83 bits per heavy atom. The van der Waals surface area contributed by atoms with Crippen LogP contribution in [0.4, 0.5) is 10.5 Å². The third kappa shape index (κ3) is 3.99. The van der Waals surface area contributed by atoms with Crippen molar-refractivity contribution < 1.29 is 14.3 Å². The van der Waals surface area contributed by atoms with Crippen LogP contribution in [-0.4, -0.2) is 32.4 Å². The number of urea groups is 1. The standard InChI is InChI=1S/C18H19ClN2O3/c1-23-15-8-2-12(3-9-15)16-10-24-11-17(16)21-18(22)20-14-6-4-13(19)5-7-14/h2-9,16-17H,10-11H2,1H3,(H2,20,21,22)/t16-,17+/m0/s1. The molecule has 1 aliphatic heterocycles. The molecule has 0 aliphatic carbocycles. The minimum absolute atomic E-state index is 0.0781. The number of hydrogen-bond acceptors (Lipinski definition) is 3. The maximum absolute atomic E-state index is 12.2. The van der Waals surface area contributed by atoms with Crippen LogP contribution in [0.3, 0.4) is 0 Å². The maximum Gasteiger partial charge on any atom is 0.319 e. The first kappa shape index (κ1) is 16.6. The number of nitrogens with one attached hydrogen (secondary N) is 2. The quantitative estimate of drug-likeness (QED) is 0.888. The zero-order valence-corrected chi connectivity index (χ0v) is 14.0. The van der Waals surface area contributed by atoms with E-state index in [0.29, 0.717) is 23.9 Å². The molecule has 2 N–H and O–H groups in total. The first-order valence-electron chi connectivity index (χ1n) is 7.70. The molecule has 126 valence electrons. The van der Waals surface area contributed by atoms with Crippen molar-refractivity contribution in [1.29, 1.82) is 0 Å². The molecule has 2 aromatic rings. The van der Waals surface area contributed by atoms with E-state index in [0.717, 1.165) is 11.3 Å². The van der Waals surface area contributed by atoms with Gasteiger partial charge in [-0.15, -0.1) is 0 Å².